The highest BCUT2D eigenvalue weighted by molar-refractivity contribution is 5.95. The van der Waals surface area contributed by atoms with Gasteiger partial charge in [0, 0.05) is 47.3 Å². The number of hydrogen-bond donors (Lipinski definition) is 2. The van der Waals surface area contributed by atoms with Crippen LogP contribution in [0, 0.1) is 27.6 Å². The van der Waals surface area contributed by atoms with E-state index in [2.05, 4.69) is 61.4 Å². The van der Waals surface area contributed by atoms with Crippen LogP contribution in [0.25, 0.3) is 0 Å². The molecule has 0 atom stereocenters. The second-order valence-corrected chi connectivity index (χ2v) is 12.8. The number of amides is 1. The van der Waals surface area contributed by atoms with Crippen molar-refractivity contribution in [1.29, 1.82) is 5.26 Å². The van der Waals surface area contributed by atoms with Gasteiger partial charge in [0.15, 0.2) is 0 Å². The van der Waals surface area contributed by atoms with Crippen LogP contribution in [0.1, 0.15) is 69.3 Å². The van der Waals surface area contributed by atoms with Gasteiger partial charge >= 0.3 is 0 Å². The van der Waals surface area contributed by atoms with Crippen molar-refractivity contribution in [2.24, 2.45) is 16.2 Å². The van der Waals surface area contributed by atoms with Crippen LogP contribution in [0.4, 0.5) is 5.69 Å². The van der Waals surface area contributed by atoms with Crippen molar-refractivity contribution >= 4 is 11.6 Å². The third kappa shape index (κ3) is 5.07. The van der Waals surface area contributed by atoms with E-state index < -0.39 is 0 Å². The van der Waals surface area contributed by atoms with E-state index in [-0.39, 0.29) is 28.9 Å². The molecule has 3 fully saturated rings. The van der Waals surface area contributed by atoms with Gasteiger partial charge in [-0.05, 0) is 80.6 Å². The van der Waals surface area contributed by atoms with Gasteiger partial charge in [-0.15, -0.1) is 0 Å². The number of rotatable bonds is 6. The van der Waals surface area contributed by atoms with Crippen LogP contribution < -0.4 is 25.0 Å². The molecule has 0 radical (unpaired) electrons. The van der Waals surface area contributed by atoms with Gasteiger partial charge in [-0.2, -0.15) is 5.26 Å². The molecule has 1 amide bonds. The predicted octanol–water partition coefficient (Wildman–Crippen LogP) is 5.15. The summed E-state index contributed by atoms with van der Waals surface area (Å²) in [5, 5.41) is 16.1. The van der Waals surface area contributed by atoms with Crippen LogP contribution in [0.5, 0.6) is 11.5 Å². The van der Waals surface area contributed by atoms with E-state index >= 15 is 0 Å². The number of anilines is 1. The Morgan fingerprint density at radius 2 is 1.64 bits per heavy atom. The first-order chi connectivity index (χ1) is 18.6. The molecule has 0 unspecified atom stereocenters. The number of benzene rings is 2. The van der Waals surface area contributed by atoms with E-state index in [4.69, 9.17) is 9.47 Å². The summed E-state index contributed by atoms with van der Waals surface area (Å²) in [7, 11) is 1.55. The van der Waals surface area contributed by atoms with Gasteiger partial charge in [0.1, 0.15) is 23.7 Å². The van der Waals surface area contributed by atoms with E-state index in [1.807, 2.05) is 12.1 Å². The Morgan fingerprint density at radius 3 is 2.23 bits per heavy atom. The Labute approximate surface area is 232 Å². The SMILES string of the molecule is COc1cc(OC2C(C)(C)C(NC(=O)c3ccc(N4CCC5(CCNCC5)CC4)cc3)C2(C)C)ccc1C#N. The van der Waals surface area contributed by atoms with Crippen molar-refractivity contribution in [2.75, 3.05) is 38.2 Å². The zero-order chi connectivity index (χ0) is 27.8. The summed E-state index contributed by atoms with van der Waals surface area (Å²) in [5.74, 6) is 1.09. The quantitative estimate of drug-likeness (QED) is 0.537. The molecule has 2 aliphatic heterocycles. The molecule has 0 aromatic heterocycles. The van der Waals surface area contributed by atoms with Crippen LogP contribution in [0.2, 0.25) is 0 Å². The highest BCUT2D eigenvalue weighted by atomic mass is 16.5. The van der Waals surface area contributed by atoms with Crippen molar-refractivity contribution in [3.05, 3.63) is 53.6 Å². The average Bonchev–Trinajstić information content (AvgIpc) is 2.95. The molecular weight excluding hydrogens is 488 g/mol. The standard InChI is InChI=1S/C32H42N4O3/c1-30(2)28(31(3,4)29(30)39-25-11-8-23(21-33)26(20-25)38-5)35-27(37)22-6-9-24(10-7-22)36-18-14-32(15-19-36)12-16-34-17-13-32/h6-11,20,28-29,34H,12-19H2,1-5H3,(H,35,37). The maximum Gasteiger partial charge on any atom is 0.251 e. The minimum atomic E-state index is -0.293. The Morgan fingerprint density at radius 1 is 1.00 bits per heavy atom. The molecule has 0 bridgehead atoms. The largest absolute Gasteiger partial charge is 0.495 e. The molecule has 5 rings (SSSR count). The number of ether oxygens (including phenoxy) is 2. The van der Waals surface area contributed by atoms with Crippen molar-refractivity contribution in [3.63, 3.8) is 0 Å². The molecule has 7 nitrogen and oxygen atoms in total. The second-order valence-electron chi connectivity index (χ2n) is 12.8. The molecule has 3 aliphatic rings. The lowest BCUT2D eigenvalue weighted by atomic mass is 9.49. The summed E-state index contributed by atoms with van der Waals surface area (Å²) in [6.07, 6.45) is 4.96. The summed E-state index contributed by atoms with van der Waals surface area (Å²) < 4.78 is 11.8. The van der Waals surface area contributed by atoms with Crippen molar-refractivity contribution in [3.8, 4) is 17.6 Å². The van der Waals surface area contributed by atoms with Crippen LogP contribution in [0.15, 0.2) is 42.5 Å². The molecule has 2 aromatic rings. The predicted molar refractivity (Wildman–Crippen MR) is 153 cm³/mol. The second kappa shape index (κ2) is 10.4. The number of methoxy groups -OCH3 is 1. The van der Waals surface area contributed by atoms with E-state index in [1.54, 1.807) is 25.3 Å². The number of hydrogen-bond acceptors (Lipinski definition) is 6. The first-order valence-corrected chi connectivity index (χ1v) is 14.2. The maximum atomic E-state index is 13.3. The van der Waals surface area contributed by atoms with E-state index in [9.17, 15) is 10.1 Å². The molecule has 208 valence electrons. The Hall–Kier alpha value is -3.24. The Bertz CT molecular complexity index is 1220. The zero-order valence-corrected chi connectivity index (χ0v) is 24.0. The third-order valence-electron chi connectivity index (χ3n) is 9.65. The summed E-state index contributed by atoms with van der Waals surface area (Å²) in [6.45, 7) is 13.0. The summed E-state index contributed by atoms with van der Waals surface area (Å²) >= 11 is 0. The fourth-order valence-electron chi connectivity index (χ4n) is 7.51. The summed E-state index contributed by atoms with van der Waals surface area (Å²) in [4.78, 5) is 15.8. The van der Waals surface area contributed by atoms with Crippen LogP contribution in [0.3, 0.4) is 0 Å². The molecule has 1 saturated carbocycles. The summed E-state index contributed by atoms with van der Waals surface area (Å²) in [5.41, 5.74) is 2.29. The first-order valence-electron chi connectivity index (χ1n) is 14.2. The van der Waals surface area contributed by atoms with Crippen molar-refractivity contribution < 1.29 is 14.3 Å². The van der Waals surface area contributed by atoms with Gasteiger partial charge < -0.3 is 25.0 Å². The fraction of sp³-hybridized carbons (Fsp3) is 0.562. The van der Waals surface area contributed by atoms with Crippen LogP contribution in [-0.4, -0.2) is 51.3 Å². The van der Waals surface area contributed by atoms with Gasteiger partial charge in [0.25, 0.3) is 5.91 Å². The average molecular weight is 531 g/mol. The third-order valence-corrected chi connectivity index (χ3v) is 9.65. The number of piperidine rings is 2. The zero-order valence-electron chi connectivity index (χ0n) is 24.0. The van der Waals surface area contributed by atoms with Crippen LogP contribution >= 0.6 is 0 Å². The smallest absolute Gasteiger partial charge is 0.251 e. The van der Waals surface area contributed by atoms with E-state index in [0.29, 0.717) is 28.0 Å². The minimum Gasteiger partial charge on any atom is -0.495 e. The number of nitrogens with zero attached hydrogens (tertiary/aromatic N) is 2. The lowest BCUT2D eigenvalue weighted by Crippen LogP contribution is -2.74. The minimum absolute atomic E-state index is 0.0569. The van der Waals surface area contributed by atoms with Gasteiger partial charge in [0.2, 0.25) is 0 Å². The molecule has 2 N–H and O–H groups in total. The molecule has 2 saturated heterocycles. The normalized spacial score (nSPS) is 24.8. The molecule has 1 aliphatic carbocycles. The van der Waals surface area contributed by atoms with E-state index in [1.165, 1.54) is 31.4 Å². The lowest BCUT2D eigenvalue weighted by molar-refractivity contribution is -0.164. The van der Waals surface area contributed by atoms with Crippen LogP contribution in [-0.2, 0) is 0 Å². The van der Waals surface area contributed by atoms with Gasteiger partial charge in [-0.1, -0.05) is 27.7 Å². The summed E-state index contributed by atoms with van der Waals surface area (Å²) in [6, 6.07) is 15.4. The molecule has 39 heavy (non-hydrogen) atoms. The highest BCUT2D eigenvalue weighted by Crippen LogP contribution is 2.55. The lowest BCUT2D eigenvalue weighted by Gasteiger charge is -2.63. The first kappa shape index (κ1) is 27.3. The van der Waals surface area contributed by atoms with Crippen molar-refractivity contribution in [1.82, 2.24) is 10.6 Å². The molecule has 1 spiro atoms. The highest BCUT2D eigenvalue weighted by Gasteiger charge is 2.64. The Balaban J connectivity index is 1.20. The topological polar surface area (TPSA) is 86.6 Å². The monoisotopic (exact) mass is 530 g/mol. The molecule has 2 heterocycles. The maximum absolute atomic E-state index is 13.3. The molecule has 7 heteroatoms. The fourth-order valence-corrected chi connectivity index (χ4v) is 7.51. The molecular formula is C32H42N4O3. The Kier molecular flexibility index (Phi) is 7.28. The molecule has 2 aromatic carbocycles. The van der Waals surface area contributed by atoms with Gasteiger partial charge in [-0.25, -0.2) is 0 Å². The number of nitriles is 1. The van der Waals surface area contributed by atoms with Crippen molar-refractivity contribution in [2.45, 2.75) is 65.5 Å². The number of carbonyl (C=O) groups excluding carboxylic acids is 1. The number of carbonyl (C=O) groups is 1. The number of nitrogens with one attached hydrogen (secondary N) is 2. The van der Waals surface area contributed by atoms with Gasteiger partial charge in [-0.3, -0.25) is 4.79 Å². The van der Waals surface area contributed by atoms with E-state index in [0.717, 1.165) is 26.2 Å². The van der Waals surface area contributed by atoms with Gasteiger partial charge in [0.05, 0.1) is 12.7 Å².